The van der Waals surface area contributed by atoms with Gasteiger partial charge in [0.15, 0.2) is 0 Å². The van der Waals surface area contributed by atoms with Crippen molar-refractivity contribution in [3.63, 3.8) is 0 Å². The van der Waals surface area contributed by atoms with Gasteiger partial charge in [0.1, 0.15) is 0 Å². The molecule has 0 aliphatic rings. The third kappa shape index (κ3) is 9.02. The molecule has 0 heterocycles. The number of rotatable bonds is 0. The number of carbonyl (C=O) groups is 1. The maximum absolute atomic E-state index is 8.90. The average Bonchev–Trinajstić information content (AvgIpc) is 1.38. The molecule has 0 amide bonds. The summed E-state index contributed by atoms with van der Waals surface area (Å²) in [7, 11) is 0. The van der Waals surface area contributed by atoms with Gasteiger partial charge in [0.25, 0.3) is 0 Å². The van der Waals surface area contributed by atoms with E-state index < -0.39 is 6.16 Å². The summed E-state index contributed by atoms with van der Waals surface area (Å²) in [6, 6.07) is 0. The van der Waals surface area contributed by atoms with E-state index in [1.165, 1.54) is 0 Å². The molecule has 0 fully saturated rings. The van der Waals surface area contributed by atoms with Crippen LogP contribution in [0.1, 0.15) is 0 Å². The second kappa shape index (κ2) is 4.97. The molecule has 5 heteroatoms. The van der Waals surface area contributed by atoms with Gasteiger partial charge in [-0.15, -0.1) is 0 Å². The summed E-state index contributed by atoms with van der Waals surface area (Å²) in [5.74, 6) is 0. The molecule has 0 aliphatic heterocycles. The van der Waals surface area contributed by atoms with Crippen molar-refractivity contribution in [2.75, 3.05) is 0 Å². The Labute approximate surface area is 49.2 Å². The monoisotopic (exact) mass is 185 g/mol. The molecule has 0 bridgehead atoms. The Morgan fingerprint density at radius 2 is 1.83 bits per heavy atom. The van der Waals surface area contributed by atoms with Crippen molar-refractivity contribution in [1.29, 1.82) is 0 Å². The number of hydrogen-bond acceptors (Lipinski definition) is 3. The Morgan fingerprint density at radius 1 is 1.67 bits per heavy atom. The van der Waals surface area contributed by atoms with Crippen molar-refractivity contribution >= 4 is 6.16 Å². The Morgan fingerprint density at radius 3 is 1.83 bits per heavy atom. The van der Waals surface area contributed by atoms with E-state index in [0.717, 1.165) is 0 Å². The van der Waals surface area contributed by atoms with Crippen LogP contribution in [0.15, 0.2) is 0 Å². The van der Waals surface area contributed by atoms with Gasteiger partial charge >= 0.3 is 6.16 Å². The largest absolute Gasteiger partial charge is 0.537 e. The van der Waals surface area contributed by atoms with Crippen LogP contribution in [0.4, 0.5) is 4.79 Å². The molecule has 0 aromatic heterocycles. The van der Waals surface area contributed by atoms with E-state index in [-0.39, 0.29) is 22.4 Å². The van der Waals surface area contributed by atoms with Crippen molar-refractivity contribution in [3.8, 4) is 0 Å². The minimum absolute atomic E-state index is 0. The fraction of sp³-hybridized carbons (Fsp3) is 0. The van der Waals surface area contributed by atoms with Crippen molar-refractivity contribution in [1.82, 2.24) is 0 Å². The smallest absolute Gasteiger partial charge is 0.448 e. The summed E-state index contributed by atoms with van der Waals surface area (Å²) >= 11 is 0. The van der Waals surface area contributed by atoms with Crippen molar-refractivity contribution in [3.05, 3.63) is 0 Å². The van der Waals surface area contributed by atoms with Crippen LogP contribution in [-0.2, 0) is 27.3 Å². The maximum Gasteiger partial charge on any atom is 0.537 e. The second-order valence-electron chi connectivity index (χ2n) is 0.357. The van der Waals surface area contributed by atoms with E-state index in [0.29, 0.717) is 0 Å². The number of hydrogen-bond donors (Lipinski definition) is 2. The van der Waals surface area contributed by atoms with Crippen LogP contribution in [0.3, 0.4) is 0 Å². The first-order valence-corrected chi connectivity index (χ1v) is 0.814. The SMILES string of the molecule is O=C(O)OO.[Ag]. The quantitative estimate of drug-likeness (QED) is 0.321. The van der Waals surface area contributed by atoms with E-state index in [9.17, 15) is 0 Å². The molecule has 4 nitrogen and oxygen atoms in total. The van der Waals surface area contributed by atoms with Gasteiger partial charge in [0.05, 0.1) is 0 Å². The molecule has 0 aromatic carbocycles. The fourth-order valence-corrected chi connectivity index (χ4v) is 0. The Hall–Kier alpha value is -0.0297. The summed E-state index contributed by atoms with van der Waals surface area (Å²) in [6.45, 7) is 0. The van der Waals surface area contributed by atoms with Crippen LogP contribution in [-0.4, -0.2) is 16.5 Å². The Balaban J connectivity index is 0. The van der Waals surface area contributed by atoms with Gasteiger partial charge in [-0.25, -0.2) is 4.79 Å². The van der Waals surface area contributed by atoms with E-state index >= 15 is 0 Å². The van der Waals surface area contributed by atoms with E-state index in [1.54, 1.807) is 0 Å². The first kappa shape index (κ1) is 9.36. The molecule has 0 saturated carbocycles. The van der Waals surface area contributed by atoms with Gasteiger partial charge in [-0.3, -0.25) is 4.89 Å². The van der Waals surface area contributed by atoms with Crippen LogP contribution in [0, 0.1) is 0 Å². The Kier molecular flexibility index (Phi) is 7.75. The van der Waals surface area contributed by atoms with Gasteiger partial charge in [-0.2, -0.15) is 5.26 Å². The molecule has 0 aliphatic carbocycles. The second-order valence-corrected chi connectivity index (χ2v) is 0.357. The standard InChI is InChI=1S/CH2O4.Ag/c2-1(3)5-4;/h4H,(H,2,3);. The predicted octanol–water partition coefficient (Wildman–Crippen LogP) is 0.151. The third-order valence-corrected chi connectivity index (χ3v) is 0.0781. The normalized spacial score (nSPS) is 5.50. The van der Waals surface area contributed by atoms with Gasteiger partial charge in [-0.05, 0) is 0 Å². The number of carboxylic acid groups (broad SMARTS) is 1. The summed E-state index contributed by atoms with van der Waals surface area (Å²) in [6.07, 6.45) is -1.69. The maximum atomic E-state index is 8.90. The molecule has 0 spiro atoms. The first-order chi connectivity index (χ1) is 2.27. The summed E-state index contributed by atoms with van der Waals surface area (Å²) in [5.41, 5.74) is 0. The molecule has 0 rings (SSSR count). The molecule has 41 valence electrons. The van der Waals surface area contributed by atoms with Crippen LogP contribution >= 0.6 is 0 Å². The van der Waals surface area contributed by atoms with Gasteiger partial charge in [0, 0.05) is 22.4 Å². The minimum Gasteiger partial charge on any atom is -0.448 e. The zero-order valence-corrected chi connectivity index (χ0v) is 3.99. The zero-order valence-electron chi connectivity index (χ0n) is 2.51. The molecule has 0 saturated heterocycles. The van der Waals surface area contributed by atoms with Crippen LogP contribution in [0.25, 0.3) is 0 Å². The minimum atomic E-state index is -1.69. The van der Waals surface area contributed by atoms with Crippen molar-refractivity contribution < 1.29 is 42.4 Å². The van der Waals surface area contributed by atoms with Crippen LogP contribution in [0.2, 0.25) is 0 Å². The predicted molar refractivity (Wildman–Crippen MR) is 11.7 cm³/mol. The van der Waals surface area contributed by atoms with Crippen molar-refractivity contribution in [2.24, 2.45) is 0 Å². The van der Waals surface area contributed by atoms with E-state index in [4.69, 9.17) is 15.2 Å². The third-order valence-electron chi connectivity index (χ3n) is 0.0781. The average molecular weight is 186 g/mol. The molecule has 1 radical (unpaired) electrons. The Bertz CT molecular complexity index is 42.8. The first-order valence-electron chi connectivity index (χ1n) is 0.814. The molecule has 0 unspecified atom stereocenters. The molecular formula is CH2AgO4. The van der Waals surface area contributed by atoms with Gasteiger partial charge in [0.2, 0.25) is 0 Å². The van der Waals surface area contributed by atoms with Gasteiger partial charge in [-0.1, -0.05) is 0 Å². The van der Waals surface area contributed by atoms with Crippen LogP contribution in [0.5, 0.6) is 0 Å². The molecule has 6 heavy (non-hydrogen) atoms. The fourth-order valence-electron chi connectivity index (χ4n) is 0. The van der Waals surface area contributed by atoms with Crippen LogP contribution < -0.4 is 0 Å². The summed E-state index contributed by atoms with van der Waals surface area (Å²) < 4.78 is 0. The van der Waals surface area contributed by atoms with Gasteiger partial charge < -0.3 is 5.11 Å². The molecule has 2 N–H and O–H groups in total. The molecule has 0 atom stereocenters. The zero-order chi connectivity index (χ0) is 4.28. The topological polar surface area (TPSA) is 66.8 Å². The summed E-state index contributed by atoms with van der Waals surface area (Å²) in [5, 5.41) is 14.3. The van der Waals surface area contributed by atoms with E-state index in [2.05, 4.69) is 4.89 Å². The molecule has 0 aromatic rings. The summed E-state index contributed by atoms with van der Waals surface area (Å²) in [4.78, 5) is 11.6. The van der Waals surface area contributed by atoms with E-state index in [1.807, 2.05) is 0 Å². The van der Waals surface area contributed by atoms with Crippen molar-refractivity contribution in [2.45, 2.75) is 0 Å². The molecular weight excluding hydrogens is 184 g/mol.